The molecule has 0 aliphatic heterocycles. The first kappa shape index (κ1) is 13.5. The van der Waals surface area contributed by atoms with Gasteiger partial charge in [0.25, 0.3) is 0 Å². The third kappa shape index (κ3) is 2.91. The summed E-state index contributed by atoms with van der Waals surface area (Å²) in [6.07, 6.45) is 0. The molecule has 98 valence electrons. The lowest BCUT2D eigenvalue weighted by Crippen LogP contribution is -1.94. The molecule has 1 aromatic heterocycles. The third-order valence-corrected chi connectivity index (χ3v) is 3.67. The summed E-state index contributed by atoms with van der Waals surface area (Å²) in [5.41, 5.74) is -0.197. The predicted octanol–water partition coefficient (Wildman–Crippen LogP) is 3.91. The van der Waals surface area contributed by atoms with Crippen LogP contribution in [0.2, 0.25) is 0 Å². The molecule has 1 N–H and O–H groups in total. The van der Waals surface area contributed by atoms with Crippen LogP contribution < -0.4 is 4.74 Å². The van der Waals surface area contributed by atoms with Crippen molar-refractivity contribution in [2.24, 2.45) is 0 Å². The minimum absolute atomic E-state index is 0.0437. The minimum atomic E-state index is -1.07. The first-order chi connectivity index (χ1) is 8.99. The highest BCUT2D eigenvalue weighted by atomic mass is 79.9. The predicted molar refractivity (Wildman–Crippen MR) is 72.1 cm³/mol. The van der Waals surface area contributed by atoms with Crippen molar-refractivity contribution in [1.29, 1.82) is 0 Å². The number of nitro groups is 1. The van der Waals surface area contributed by atoms with Crippen molar-refractivity contribution in [2.45, 2.75) is 0 Å². The fourth-order valence-electron chi connectivity index (χ4n) is 1.34. The number of thiophene rings is 1. The van der Waals surface area contributed by atoms with E-state index in [4.69, 9.17) is 9.84 Å². The Bertz CT molecular complexity index is 654. The molecule has 0 saturated heterocycles. The summed E-state index contributed by atoms with van der Waals surface area (Å²) in [5, 5.41) is 21.2. The molecule has 1 aromatic carbocycles. The average molecular weight is 344 g/mol. The number of hydrogen-bond donors (Lipinski definition) is 1. The molecule has 8 heteroatoms. The monoisotopic (exact) mass is 343 g/mol. The van der Waals surface area contributed by atoms with E-state index in [1.165, 1.54) is 23.6 Å². The summed E-state index contributed by atoms with van der Waals surface area (Å²) in [5.74, 6) is -0.777. The van der Waals surface area contributed by atoms with Crippen LogP contribution in [0.1, 0.15) is 9.67 Å². The van der Waals surface area contributed by atoms with Gasteiger partial charge in [0, 0.05) is 17.5 Å². The molecule has 0 fully saturated rings. The molecule has 0 unspecified atom stereocenters. The summed E-state index contributed by atoms with van der Waals surface area (Å²) in [4.78, 5) is 21.2. The molecule has 0 saturated carbocycles. The molecular weight excluding hydrogens is 338 g/mol. The van der Waals surface area contributed by atoms with E-state index in [-0.39, 0.29) is 22.1 Å². The second-order valence-corrected chi connectivity index (χ2v) is 5.16. The Hall–Kier alpha value is -1.93. The topological polar surface area (TPSA) is 89.7 Å². The van der Waals surface area contributed by atoms with Crippen molar-refractivity contribution < 1.29 is 19.6 Å². The zero-order valence-corrected chi connectivity index (χ0v) is 11.6. The summed E-state index contributed by atoms with van der Waals surface area (Å²) >= 11 is 4.15. The van der Waals surface area contributed by atoms with E-state index < -0.39 is 10.9 Å². The van der Waals surface area contributed by atoms with E-state index in [1.54, 1.807) is 6.07 Å². The molecule has 0 bridgehead atoms. The number of carboxylic acids is 1. The minimum Gasteiger partial charge on any atom is -0.477 e. The van der Waals surface area contributed by atoms with Gasteiger partial charge in [-0.25, -0.2) is 4.79 Å². The van der Waals surface area contributed by atoms with Crippen LogP contribution in [-0.4, -0.2) is 16.0 Å². The van der Waals surface area contributed by atoms with Gasteiger partial charge in [0.1, 0.15) is 10.6 Å². The Morgan fingerprint density at radius 3 is 2.79 bits per heavy atom. The number of halogens is 1. The quantitative estimate of drug-likeness (QED) is 0.671. The number of rotatable bonds is 4. The van der Waals surface area contributed by atoms with Gasteiger partial charge in [0.05, 0.1) is 9.40 Å². The number of ether oxygens (including phenoxy) is 1. The molecular formula is C11H6BrNO5S. The largest absolute Gasteiger partial charge is 0.477 e. The van der Waals surface area contributed by atoms with Gasteiger partial charge < -0.3 is 9.84 Å². The maximum Gasteiger partial charge on any atom is 0.346 e. The highest BCUT2D eigenvalue weighted by Gasteiger charge is 2.19. The Labute approximate surface area is 119 Å². The number of hydrogen-bond acceptors (Lipinski definition) is 5. The maximum absolute atomic E-state index is 10.9. The normalized spacial score (nSPS) is 10.2. The highest BCUT2D eigenvalue weighted by Crippen LogP contribution is 2.39. The van der Waals surface area contributed by atoms with Gasteiger partial charge in [0.2, 0.25) is 5.75 Å². The van der Waals surface area contributed by atoms with E-state index in [2.05, 4.69) is 15.9 Å². The standard InChI is InChI=1S/C11H6BrNO5S/c12-7-2-1-3-8(13(16)17)10(7)18-6-4-9(11(14)15)19-5-6/h1-5H,(H,14,15). The molecule has 2 aromatic rings. The van der Waals surface area contributed by atoms with Gasteiger partial charge >= 0.3 is 11.7 Å². The molecule has 1 heterocycles. The van der Waals surface area contributed by atoms with Gasteiger partial charge in [-0.1, -0.05) is 6.07 Å². The van der Waals surface area contributed by atoms with Crippen LogP contribution in [0.3, 0.4) is 0 Å². The molecule has 0 amide bonds. The van der Waals surface area contributed by atoms with E-state index in [1.807, 2.05) is 0 Å². The Kier molecular flexibility index (Phi) is 3.82. The molecule has 0 aliphatic carbocycles. The average Bonchev–Trinajstić information content (AvgIpc) is 2.80. The Morgan fingerprint density at radius 1 is 1.47 bits per heavy atom. The molecule has 19 heavy (non-hydrogen) atoms. The van der Waals surface area contributed by atoms with E-state index in [9.17, 15) is 14.9 Å². The summed E-state index contributed by atoms with van der Waals surface area (Å²) in [6.45, 7) is 0. The number of nitro benzene ring substituents is 1. The molecule has 0 radical (unpaired) electrons. The van der Waals surface area contributed by atoms with E-state index in [0.29, 0.717) is 4.47 Å². The number of carboxylic acid groups (broad SMARTS) is 1. The van der Waals surface area contributed by atoms with Gasteiger partial charge in [-0.3, -0.25) is 10.1 Å². The van der Waals surface area contributed by atoms with Crippen LogP contribution in [-0.2, 0) is 0 Å². The van der Waals surface area contributed by atoms with Crippen LogP contribution in [0.25, 0.3) is 0 Å². The van der Waals surface area contributed by atoms with Crippen molar-refractivity contribution in [3.05, 3.63) is 49.1 Å². The van der Waals surface area contributed by atoms with Crippen molar-refractivity contribution in [3.8, 4) is 11.5 Å². The van der Waals surface area contributed by atoms with E-state index in [0.717, 1.165) is 11.3 Å². The maximum atomic E-state index is 10.9. The lowest BCUT2D eigenvalue weighted by atomic mass is 10.3. The second-order valence-electron chi connectivity index (χ2n) is 3.40. The fraction of sp³-hybridized carbons (Fsp3) is 0. The summed E-state index contributed by atoms with van der Waals surface area (Å²) < 4.78 is 5.81. The number of aromatic carboxylic acids is 1. The number of para-hydroxylation sites is 1. The lowest BCUT2D eigenvalue weighted by Gasteiger charge is -2.05. The molecule has 0 aliphatic rings. The second kappa shape index (κ2) is 5.37. The summed E-state index contributed by atoms with van der Waals surface area (Å²) in [7, 11) is 0. The SMILES string of the molecule is O=C(O)c1cc(Oc2c(Br)cccc2[N+](=O)[O-])cs1. The van der Waals surface area contributed by atoms with Crippen LogP contribution in [0.5, 0.6) is 11.5 Å². The lowest BCUT2D eigenvalue weighted by molar-refractivity contribution is -0.385. The number of carbonyl (C=O) groups is 1. The van der Waals surface area contributed by atoms with Gasteiger partial charge in [-0.15, -0.1) is 11.3 Å². The smallest absolute Gasteiger partial charge is 0.346 e. The van der Waals surface area contributed by atoms with Crippen molar-refractivity contribution in [1.82, 2.24) is 0 Å². The van der Waals surface area contributed by atoms with Crippen molar-refractivity contribution >= 4 is 38.9 Å². The van der Waals surface area contributed by atoms with E-state index >= 15 is 0 Å². The first-order valence-electron chi connectivity index (χ1n) is 4.91. The number of benzene rings is 1. The number of nitrogens with zero attached hydrogens (tertiary/aromatic N) is 1. The zero-order valence-electron chi connectivity index (χ0n) is 9.20. The van der Waals surface area contributed by atoms with Crippen molar-refractivity contribution in [2.75, 3.05) is 0 Å². The summed E-state index contributed by atoms with van der Waals surface area (Å²) in [6, 6.07) is 5.75. The first-order valence-corrected chi connectivity index (χ1v) is 6.59. The highest BCUT2D eigenvalue weighted by molar-refractivity contribution is 9.10. The zero-order chi connectivity index (χ0) is 14.0. The molecule has 0 atom stereocenters. The Morgan fingerprint density at radius 2 is 2.21 bits per heavy atom. The fourth-order valence-corrected chi connectivity index (χ4v) is 2.43. The van der Waals surface area contributed by atoms with Crippen LogP contribution in [0.15, 0.2) is 34.1 Å². The molecule has 0 spiro atoms. The van der Waals surface area contributed by atoms with Crippen LogP contribution in [0, 0.1) is 10.1 Å². The van der Waals surface area contributed by atoms with Crippen LogP contribution >= 0.6 is 27.3 Å². The third-order valence-electron chi connectivity index (χ3n) is 2.15. The molecule has 6 nitrogen and oxygen atoms in total. The van der Waals surface area contributed by atoms with Gasteiger partial charge in [-0.05, 0) is 22.0 Å². The Balaban J connectivity index is 2.37. The molecule has 2 rings (SSSR count). The van der Waals surface area contributed by atoms with Gasteiger partial charge in [0.15, 0.2) is 0 Å². The van der Waals surface area contributed by atoms with Crippen LogP contribution in [0.4, 0.5) is 5.69 Å². The van der Waals surface area contributed by atoms with Gasteiger partial charge in [-0.2, -0.15) is 0 Å². The van der Waals surface area contributed by atoms with Crippen molar-refractivity contribution in [3.63, 3.8) is 0 Å².